The van der Waals surface area contributed by atoms with Crippen LogP contribution in [-0.4, -0.2) is 19.4 Å². The van der Waals surface area contributed by atoms with Crippen molar-refractivity contribution in [3.8, 4) is 0 Å². The van der Waals surface area contributed by atoms with Gasteiger partial charge in [0.1, 0.15) is 0 Å². The van der Waals surface area contributed by atoms with Crippen molar-refractivity contribution in [2.75, 3.05) is 18.0 Å². The van der Waals surface area contributed by atoms with E-state index >= 15 is 0 Å². The van der Waals surface area contributed by atoms with Crippen molar-refractivity contribution in [2.45, 2.75) is 19.8 Å². The fourth-order valence-electron chi connectivity index (χ4n) is 2.32. The first kappa shape index (κ1) is 11.6. The molecule has 86 valence electrons. The van der Waals surface area contributed by atoms with Gasteiger partial charge in [-0.15, -0.1) is 0 Å². The van der Waals surface area contributed by atoms with E-state index in [2.05, 4.69) is 27.8 Å². The smallest absolute Gasteiger partial charge is 0.152 e. The molecule has 1 aliphatic rings. The molecule has 2 nitrogen and oxygen atoms in total. The summed E-state index contributed by atoms with van der Waals surface area (Å²) in [6.07, 6.45) is 3.46. The van der Waals surface area contributed by atoms with Crippen molar-refractivity contribution in [3.63, 3.8) is 0 Å². The maximum absolute atomic E-state index is 11.1. The van der Waals surface area contributed by atoms with Crippen LogP contribution in [0, 0.1) is 5.92 Å². The number of carbonyl (C=O) groups is 1. The average Bonchev–Trinajstić information content (AvgIpc) is 2.28. The highest BCUT2D eigenvalue weighted by Crippen LogP contribution is 2.27. The minimum atomic E-state index is 0.719. The molecule has 16 heavy (non-hydrogen) atoms. The summed E-state index contributed by atoms with van der Waals surface area (Å²) in [6, 6.07) is 5.93. The van der Waals surface area contributed by atoms with Crippen LogP contribution in [0.5, 0.6) is 0 Å². The van der Waals surface area contributed by atoms with Gasteiger partial charge in [-0.1, -0.05) is 22.9 Å². The summed E-state index contributed by atoms with van der Waals surface area (Å²) in [7, 11) is 0. The highest BCUT2D eigenvalue weighted by Gasteiger charge is 2.18. The Balaban J connectivity index is 2.28. The number of rotatable bonds is 2. The molecule has 1 atom stereocenters. The van der Waals surface area contributed by atoms with E-state index in [9.17, 15) is 4.79 Å². The van der Waals surface area contributed by atoms with Gasteiger partial charge < -0.3 is 4.90 Å². The van der Waals surface area contributed by atoms with Gasteiger partial charge >= 0.3 is 0 Å². The van der Waals surface area contributed by atoms with Crippen LogP contribution in [0.3, 0.4) is 0 Å². The topological polar surface area (TPSA) is 20.3 Å². The van der Waals surface area contributed by atoms with Gasteiger partial charge in [0.15, 0.2) is 6.29 Å². The normalized spacial score (nSPS) is 20.9. The lowest BCUT2D eigenvalue weighted by Crippen LogP contribution is -2.34. The minimum Gasteiger partial charge on any atom is -0.371 e. The minimum absolute atomic E-state index is 0.719. The summed E-state index contributed by atoms with van der Waals surface area (Å²) < 4.78 is 0.961. The largest absolute Gasteiger partial charge is 0.371 e. The number of nitrogens with zero attached hydrogens (tertiary/aromatic N) is 1. The molecule has 1 aromatic rings. The zero-order valence-electron chi connectivity index (χ0n) is 9.45. The third kappa shape index (κ3) is 2.46. The Morgan fingerprint density at radius 3 is 3.00 bits per heavy atom. The number of benzene rings is 1. The molecule has 0 aliphatic carbocycles. The monoisotopic (exact) mass is 281 g/mol. The first-order valence-corrected chi connectivity index (χ1v) is 6.49. The van der Waals surface area contributed by atoms with Gasteiger partial charge in [-0.05, 0) is 37.0 Å². The number of hydrogen-bond donors (Lipinski definition) is 0. The number of anilines is 1. The predicted molar refractivity (Wildman–Crippen MR) is 70.1 cm³/mol. The van der Waals surface area contributed by atoms with E-state index < -0.39 is 0 Å². The molecule has 1 aliphatic heterocycles. The zero-order valence-corrected chi connectivity index (χ0v) is 11.0. The van der Waals surface area contributed by atoms with Crippen LogP contribution in [0.2, 0.25) is 0 Å². The molecule has 0 spiro atoms. The SMILES string of the molecule is CC1CCCN(c2ccc(Br)cc2C=O)C1. The van der Waals surface area contributed by atoms with Crippen molar-refractivity contribution < 1.29 is 4.79 Å². The highest BCUT2D eigenvalue weighted by atomic mass is 79.9. The van der Waals surface area contributed by atoms with Gasteiger partial charge in [0, 0.05) is 28.8 Å². The molecule has 1 unspecified atom stereocenters. The Labute approximate surface area is 105 Å². The van der Waals surface area contributed by atoms with Crippen LogP contribution >= 0.6 is 15.9 Å². The van der Waals surface area contributed by atoms with Gasteiger partial charge in [0.2, 0.25) is 0 Å². The molecule has 0 radical (unpaired) electrons. The summed E-state index contributed by atoms with van der Waals surface area (Å²) in [6.45, 7) is 4.39. The molecular formula is C13H16BrNO. The standard InChI is InChI=1S/C13H16BrNO/c1-10-3-2-6-15(8-10)13-5-4-12(14)7-11(13)9-16/h4-5,7,9-10H,2-3,6,8H2,1H3. The van der Waals surface area contributed by atoms with Crippen molar-refractivity contribution in [1.29, 1.82) is 0 Å². The third-order valence-corrected chi connectivity index (χ3v) is 3.61. The molecular weight excluding hydrogens is 266 g/mol. The molecule has 0 bridgehead atoms. The predicted octanol–water partition coefficient (Wildman–Crippen LogP) is 3.50. The lowest BCUT2D eigenvalue weighted by Gasteiger charge is -2.33. The lowest BCUT2D eigenvalue weighted by molar-refractivity contribution is 0.112. The van der Waals surface area contributed by atoms with Crippen molar-refractivity contribution in [1.82, 2.24) is 0 Å². The zero-order chi connectivity index (χ0) is 11.5. The number of carbonyl (C=O) groups excluding carboxylic acids is 1. The maximum Gasteiger partial charge on any atom is 0.152 e. The van der Waals surface area contributed by atoms with E-state index in [4.69, 9.17) is 0 Å². The summed E-state index contributed by atoms with van der Waals surface area (Å²) in [4.78, 5) is 13.4. The van der Waals surface area contributed by atoms with Crippen LogP contribution in [0.1, 0.15) is 30.1 Å². The molecule has 1 fully saturated rings. The van der Waals surface area contributed by atoms with Crippen molar-refractivity contribution in [3.05, 3.63) is 28.2 Å². The van der Waals surface area contributed by atoms with Gasteiger partial charge in [-0.3, -0.25) is 4.79 Å². The van der Waals surface area contributed by atoms with Crippen LogP contribution < -0.4 is 4.90 Å². The van der Waals surface area contributed by atoms with E-state index in [0.29, 0.717) is 0 Å². The van der Waals surface area contributed by atoms with Crippen molar-refractivity contribution >= 4 is 27.9 Å². The second kappa shape index (κ2) is 5.00. The van der Waals surface area contributed by atoms with Crippen LogP contribution in [0.25, 0.3) is 0 Å². The fraction of sp³-hybridized carbons (Fsp3) is 0.462. The molecule has 0 N–H and O–H groups in total. The maximum atomic E-state index is 11.1. The molecule has 0 saturated carbocycles. The molecule has 1 saturated heterocycles. The summed E-state index contributed by atoms with van der Waals surface area (Å²) >= 11 is 3.40. The van der Waals surface area contributed by atoms with E-state index in [0.717, 1.165) is 41.0 Å². The molecule has 1 aromatic carbocycles. The summed E-state index contributed by atoms with van der Waals surface area (Å²) in [5.41, 5.74) is 1.85. The number of hydrogen-bond acceptors (Lipinski definition) is 2. The summed E-state index contributed by atoms with van der Waals surface area (Å²) in [5.74, 6) is 0.719. The van der Waals surface area contributed by atoms with Crippen molar-refractivity contribution in [2.24, 2.45) is 5.92 Å². The Bertz CT molecular complexity index is 392. The average molecular weight is 282 g/mol. The van der Waals surface area contributed by atoms with E-state index in [-0.39, 0.29) is 0 Å². The van der Waals surface area contributed by atoms with Gasteiger partial charge in [0.25, 0.3) is 0 Å². The van der Waals surface area contributed by atoms with E-state index in [1.165, 1.54) is 12.8 Å². The molecule has 0 amide bonds. The third-order valence-electron chi connectivity index (χ3n) is 3.11. The second-order valence-corrected chi connectivity index (χ2v) is 5.43. The first-order chi connectivity index (χ1) is 7.70. The lowest BCUT2D eigenvalue weighted by atomic mass is 9.99. The first-order valence-electron chi connectivity index (χ1n) is 5.70. The Morgan fingerprint density at radius 1 is 1.50 bits per heavy atom. The molecule has 2 rings (SSSR count). The quantitative estimate of drug-likeness (QED) is 0.774. The van der Waals surface area contributed by atoms with Crippen LogP contribution in [0.15, 0.2) is 22.7 Å². The second-order valence-electron chi connectivity index (χ2n) is 4.51. The number of halogens is 1. The Kier molecular flexibility index (Phi) is 3.64. The molecule has 1 heterocycles. The molecule has 3 heteroatoms. The summed E-state index contributed by atoms with van der Waals surface area (Å²) in [5, 5.41) is 0. The fourth-order valence-corrected chi connectivity index (χ4v) is 2.69. The van der Waals surface area contributed by atoms with E-state index in [1.807, 2.05) is 18.2 Å². The van der Waals surface area contributed by atoms with Crippen LogP contribution in [-0.2, 0) is 0 Å². The highest BCUT2D eigenvalue weighted by molar-refractivity contribution is 9.10. The Morgan fingerprint density at radius 2 is 2.31 bits per heavy atom. The Hall–Kier alpha value is -0.830. The van der Waals surface area contributed by atoms with Gasteiger partial charge in [0.05, 0.1) is 0 Å². The molecule has 0 aromatic heterocycles. The van der Waals surface area contributed by atoms with E-state index in [1.54, 1.807) is 0 Å². The van der Waals surface area contributed by atoms with Gasteiger partial charge in [-0.2, -0.15) is 0 Å². The number of piperidine rings is 1. The van der Waals surface area contributed by atoms with Gasteiger partial charge in [-0.25, -0.2) is 0 Å². The van der Waals surface area contributed by atoms with Crippen LogP contribution in [0.4, 0.5) is 5.69 Å². The number of aldehydes is 1.